The summed E-state index contributed by atoms with van der Waals surface area (Å²) in [5, 5.41) is 11.5. The van der Waals surface area contributed by atoms with Crippen LogP contribution < -0.4 is 4.90 Å². The zero-order chi connectivity index (χ0) is 17.3. The van der Waals surface area contributed by atoms with Gasteiger partial charge in [0.15, 0.2) is 0 Å². The molecule has 2 unspecified atom stereocenters. The van der Waals surface area contributed by atoms with Crippen LogP contribution in [0.25, 0.3) is 0 Å². The summed E-state index contributed by atoms with van der Waals surface area (Å²) in [6.45, 7) is 4.77. The summed E-state index contributed by atoms with van der Waals surface area (Å²) in [4.78, 5) is 14.2. The Bertz CT molecular complexity index is 722. The van der Waals surface area contributed by atoms with Gasteiger partial charge in [0.05, 0.1) is 12.1 Å². The maximum Gasteiger partial charge on any atom is 0.136 e. The fourth-order valence-electron chi connectivity index (χ4n) is 3.46. The van der Waals surface area contributed by atoms with Crippen LogP contribution in [0.5, 0.6) is 0 Å². The highest BCUT2D eigenvalue weighted by Gasteiger charge is 2.33. The average Bonchev–Trinajstić information content (AvgIpc) is 2.54. The van der Waals surface area contributed by atoms with Crippen molar-refractivity contribution >= 4 is 23.1 Å². The number of carbonyl (C=O) groups excluding carboxylic acids is 1. The zero-order valence-electron chi connectivity index (χ0n) is 14.0. The number of ketones is 1. The number of Topliss-reactive ketones (excluding diaryl/α,β-unsaturated/α-hetero) is 1. The van der Waals surface area contributed by atoms with E-state index in [0.29, 0.717) is 24.4 Å². The van der Waals surface area contributed by atoms with Crippen molar-refractivity contribution in [2.24, 2.45) is 0 Å². The van der Waals surface area contributed by atoms with Crippen molar-refractivity contribution in [1.82, 2.24) is 0 Å². The van der Waals surface area contributed by atoms with Gasteiger partial charge in [0, 0.05) is 30.1 Å². The molecule has 1 N–H and O–H groups in total. The number of aliphatic hydroxyl groups excluding tert-OH is 1. The first-order valence-corrected chi connectivity index (χ1v) is 8.62. The molecule has 0 radical (unpaired) electrons. The molecule has 0 spiro atoms. The summed E-state index contributed by atoms with van der Waals surface area (Å²) in [5.41, 5.74) is 4.22. The van der Waals surface area contributed by atoms with E-state index in [1.165, 1.54) is 11.1 Å². The van der Waals surface area contributed by atoms with Crippen LogP contribution >= 0.6 is 11.6 Å². The van der Waals surface area contributed by atoms with Gasteiger partial charge in [-0.15, -0.1) is 0 Å². The quantitative estimate of drug-likeness (QED) is 0.906. The van der Waals surface area contributed by atoms with E-state index in [2.05, 4.69) is 36.9 Å². The summed E-state index contributed by atoms with van der Waals surface area (Å²) in [7, 11) is 0. The molecule has 0 amide bonds. The third-order valence-corrected chi connectivity index (χ3v) is 4.83. The van der Waals surface area contributed by atoms with Gasteiger partial charge in [-0.1, -0.05) is 29.8 Å². The number of anilines is 1. The van der Waals surface area contributed by atoms with Crippen molar-refractivity contribution in [3.8, 4) is 0 Å². The number of aliphatic hydroxyl groups is 1. The molecular formula is C20H22ClNO2. The standard InChI is InChI=1S/C20H22ClNO2/c1-13-9-14(2)11-17(10-13)22-8-7-18(23)12-19(22)20(24)15-3-5-16(21)6-4-15/h3-6,9-11,19-20,24H,7-8,12H2,1-2H3. The lowest BCUT2D eigenvalue weighted by Gasteiger charge is -2.40. The minimum atomic E-state index is -0.729. The van der Waals surface area contributed by atoms with E-state index in [9.17, 15) is 9.90 Å². The third-order valence-electron chi connectivity index (χ3n) is 4.58. The number of piperidine rings is 1. The molecular weight excluding hydrogens is 322 g/mol. The smallest absolute Gasteiger partial charge is 0.136 e. The van der Waals surface area contributed by atoms with E-state index in [4.69, 9.17) is 11.6 Å². The highest BCUT2D eigenvalue weighted by molar-refractivity contribution is 6.30. The largest absolute Gasteiger partial charge is 0.386 e. The number of hydrogen-bond acceptors (Lipinski definition) is 3. The molecule has 1 saturated heterocycles. The van der Waals surface area contributed by atoms with Gasteiger partial charge in [-0.2, -0.15) is 0 Å². The highest BCUT2D eigenvalue weighted by Crippen LogP contribution is 2.32. The predicted molar refractivity (Wildman–Crippen MR) is 97.7 cm³/mol. The van der Waals surface area contributed by atoms with Crippen molar-refractivity contribution in [2.45, 2.75) is 38.8 Å². The molecule has 2 atom stereocenters. The molecule has 4 heteroatoms. The fourth-order valence-corrected chi connectivity index (χ4v) is 3.58. The number of hydrogen-bond donors (Lipinski definition) is 1. The van der Waals surface area contributed by atoms with Gasteiger partial charge < -0.3 is 10.0 Å². The Morgan fingerprint density at radius 2 is 1.75 bits per heavy atom. The molecule has 2 aromatic rings. The van der Waals surface area contributed by atoms with Crippen LogP contribution in [0.3, 0.4) is 0 Å². The van der Waals surface area contributed by atoms with Crippen LogP contribution in [0.4, 0.5) is 5.69 Å². The van der Waals surface area contributed by atoms with Crippen molar-refractivity contribution in [3.63, 3.8) is 0 Å². The van der Waals surface area contributed by atoms with E-state index in [0.717, 1.165) is 11.3 Å². The van der Waals surface area contributed by atoms with Gasteiger partial charge >= 0.3 is 0 Å². The molecule has 0 aliphatic carbocycles. The van der Waals surface area contributed by atoms with Crippen LogP contribution in [0, 0.1) is 13.8 Å². The molecule has 1 aliphatic rings. The summed E-state index contributed by atoms with van der Waals surface area (Å²) in [6, 6.07) is 13.3. The minimum absolute atomic E-state index is 0.202. The Morgan fingerprint density at radius 1 is 1.12 bits per heavy atom. The molecule has 2 aromatic carbocycles. The molecule has 24 heavy (non-hydrogen) atoms. The van der Waals surface area contributed by atoms with Crippen LogP contribution in [0.1, 0.15) is 35.6 Å². The lowest BCUT2D eigenvalue weighted by Crippen LogP contribution is -2.46. The molecule has 1 fully saturated rings. The molecule has 3 rings (SSSR count). The Labute approximate surface area is 147 Å². The van der Waals surface area contributed by atoms with Gasteiger partial charge in [0.1, 0.15) is 5.78 Å². The number of carbonyl (C=O) groups is 1. The lowest BCUT2D eigenvalue weighted by molar-refractivity contribution is -0.121. The Balaban J connectivity index is 1.94. The molecule has 126 valence electrons. The Kier molecular flexibility index (Phi) is 4.93. The normalized spacial score (nSPS) is 19.4. The summed E-state index contributed by atoms with van der Waals surface area (Å²) in [6.07, 6.45) is 0.153. The van der Waals surface area contributed by atoms with Crippen LogP contribution in [-0.4, -0.2) is 23.5 Å². The van der Waals surface area contributed by atoms with E-state index < -0.39 is 6.10 Å². The fraction of sp³-hybridized carbons (Fsp3) is 0.350. The summed E-state index contributed by atoms with van der Waals surface area (Å²) in [5.74, 6) is 0.202. The maximum atomic E-state index is 12.0. The van der Waals surface area contributed by atoms with Gasteiger partial charge in [-0.05, 0) is 54.8 Å². The average molecular weight is 344 g/mol. The second kappa shape index (κ2) is 6.96. The second-order valence-corrected chi connectivity index (χ2v) is 7.03. The van der Waals surface area contributed by atoms with Crippen molar-refractivity contribution in [3.05, 3.63) is 64.2 Å². The summed E-state index contributed by atoms with van der Waals surface area (Å²) < 4.78 is 0. The first-order valence-electron chi connectivity index (χ1n) is 8.24. The van der Waals surface area contributed by atoms with Gasteiger partial charge in [0.25, 0.3) is 0 Å². The van der Waals surface area contributed by atoms with E-state index in [1.807, 2.05) is 12.1 Å². The molecule has 3 nitrogen and oxygen atoms in total. The Morgan fingerprint density at radius 3 is 2.38 bits per heavy atom. The molecule has 0 saturated carbocycles. The van der Waals surface area contributed by atoms with Crippen LogP contribution in [0.15, 0.2) is 42.5 Å². The van der Waals surface area contributed by atoms with E-state index in [-0.39, 0.29) is 11.8 Å². The lowest BCUT2D eigenvalue weighted by atomic mass is 9.91. The number of aryl methyl sites for hydroxylation is 2. The monoisotopic (exact) mass is 343 g/mol. The zero-order valence-corrected chi connectivity index (χ0v) is 14.8. The van der Waals surface area contributed by atoms with Gasteiger partial charge in [0.2, 0.25) is 0 Å². The highest BCUT2D eigenvalue weighted by atomic mass is 35.5. The van der Waals surface area contributed by atoms with Crippen molar-refractivity contribution < 1.29 is 9.90 Å². The first-order chi connectivity index (χ1) is 11.4. The second-order valence-electron chi connectivity index (χ2n) is 6.60. The molecule has 1 heterocycles. The van der Waals surface area contributed by atoms with Crippen LogP contribution in [0.2, 0.25) is 5.02 Å². The van der Waals surface area contributed by atoms with Crippen molar-refractivity contribution in [2.75, 3.05) is 11.4 Å². The predicted octanol–water partition coefficient (Wildman–Crippen LogP) is 4.23. The van der Waals surface area contributed by atoms with Gasteiger partial charge in [-0.3, -0.25) is 4.79 Å². The number of nitrogens with zero attached hydrogens (tertiary/aromatic N) is 1. The first kappa shape index (κ1) is 17.0. The Hall–Kier alpha value is -1.84. The maximum absolute atomic E-state index is 12.0. The number of rotatable bonds is 3. The number of benzene rings is 2. The third kappa shape index (κ3) is 3.63. The van der Waals surface area contributed by atoms with Gasteiger partial charge in [-0.25, -0.2) is 0 Å². The molecule has 0 bridgehead atoms. The van der Waals surface area contributed by atoms with E-state index in [1.54, 1.807) is 12.1 Å². The van der Waals surface area contributed by atoms with Crippen LogP contribution in [-0.2, 0) is 4.79 Å². The minimum Gasteiger partial charge on any atom is -0.386 e. The topological polar surface area (TPSA) is 40.5 Å². The van der Waals surface area contributed by atoms with Crippen molar-refractivity contribution in [1.29, 1.82) is 0 Å². The van der Waals surface area contributed by atoms with E-state index >= 15 is 0 Å². The molecule has 0 aromatic heterocycles. The SMILES string of the molecule is Cc1cc(C)cc(N2CCC(=O)CC2C(O)c2ccc(Cl)cc2)c1. The number of halogens is 1. The molecule has 1 aliphatic heterocycles. The summed E-state index contributed by atoms with van der Waals surface area (Å²) >= 11 is 5.94.